The van der Waals surface area contributed by atoms with Crippen molar-refractivity contribution in [1.29, 1.82) is 0 Å². The molecule has 0 fully saturated rings. The maximum absolute atomic E-state index is 12.7. The van der Waals surface area contributed by atoms with Crippen LogP contribution in [0.3, 0.4) is 0 Å². The van der Waals surface area contributed by atoms with Gasteiger partial charge in [0, 0.05) is 33.9 Å². The van der Waals surface area contributed by atoms with E-state index in [2.05, 4.69) is 11.4 Å². The van der Waals surface area contributed by atoms with Crippen molar-refractivity contribution in [2.24, 2.45) is 0 Å². The molecule has 0 atom stereocenters. The quantitative estimate of drug-likeness (QED) is 0.452. The molecule has 0 unspecified atom stereocenters. The predicted octanol–water partition coefficient (Wildman–Crippen LogP) is 6.62. The van der Waals surface area contributed by atoms with Crippen LogP contribution in [0.15, 0.2) is 53.4 Å². The largest absolute Gasteiger partial charge is 0.494 e. The molecule has 2 aromatic carbocycles. The lowest BCUT2D eigenvalue weighted by Gasteiger charge is -2.10. The van der Waals surface area contributed by atoms with E-state index in [0.717, 1.165) is 37.8 Å². The molecule has 1 N–H and O–H groups in total. The van der Waals surface area contributed by atoms with Gasteiger partial charge < -0.3 is 14.2 Å². The van der Waals surface area contributed by atoms with Crippen molar-refractivity contribution >= 4 is 29.3 Å². The first-order valence-corrected chi connectivity index (χ1v) is 11.7. The van der Waals surface area contributed by atoms with Gasteiger partial charge in [0.1, 0.15) is 5.75 Å². The summed E-state index contributed by atoms with van der Waals surface area (Å²) in [5, 5.41) is 3.02. The third-order valence-corrected chi connectivity index (χ3v) is 6.51. The Morgan fingerprint density at radius 2 is 1.97 bits per heavy atom. The number of aryl methyl sites for hydroxylation is 1. The Morgan fingerprint density at radius 3 is 2.77 bits per heavy atom. The molecule has 4 nitrogen and oxygen atoms in total. The van der Waals surface area contributed by atoms with Crippen LogP contribution in [-0.2, 0) is 17.3 Å². The molecule has 30 heavy (non-hydrogen) atoms. The number of carbonyl (C=O) groups excluding carboxylic acids is 1. The zero-order valence-electron chi connectivity index (χ0n) is 17.8. The highest BCUT2D eigenvalue weighted by Gasteiger charge is 2.21. The molecule has 6 heteroatoms. The topological polar surface area (TPSA) is 47.6 Å². The molecule has 4 rings (SSSR count). The van der Waals surface area contributed by atoms with Gasteiger partial charge in [-0.05, 0) is 48.7 Å². The van der Waals surface area contributed by atoms with Crippen LogP contribution in [0.25, 0.3) is 10.4 Å². The number of fused-ring (bicyclic) bond motifs is 3. The van der Waals surface area contributed by atoms with Crippen LogP contribution in [0.4, 0.5) is 0 Å². The van der Waals surface area contributed by atoms with Crippen LogP contribution in [0.5, 0.6) is 5.75 Å². The summed E-state index contributed by atoms with van der Waals surface area (Å²) in [6.45, 7) is 9.57. The SMILES string of the molecule is CC.CCOc1cc(CNC(=O)c2cc3c(s2)-c2ccccc2SOC3)ccc1C. The summed E-state index contributed by atoms with van der Waals surface area (Å²) in [6, 6.07) is 16.1. The summed E-state index contributed by atoms with van der Waals surface area (Å²) in [5.41, 5.74) is 4.30. The van der Waals surface area contributed by atoms with E-state index in [1.165, 1.54) is 23.4 Å². The van der Waals surface area contributed by atoms with Crippen LogP contribution in [0.1, 0.15) is 47.1 Å². The molecule has 158 valence electrons. The van der Waals surface area contributed by atoms with Crippen molar-refractivity contribution in [3.63, 3.8) is 0 Å². The van der Waals surface area contributed by atoms with Crippen molar-refractivity contribution in [1.82, 2.24) is 5.32 Å². The van der Waals surface area contributed by atoms with E-state index in [4.69, 9.17) is 8.92 Å². The van der Waals surface area contributed by atoms with Crippen molar-refractivity contribution in [2.75, 3.05) is 6.61 Å². The Kier molecular flexibility index (Phi) is 7.96. The molecule has 0 radical (unpaired) electrons. The molecule has 1 aromatic heterocycles. The summed E-state index contributed by atoms with van der Waals surface area (Å²) in [5.74, 6) is 0.796. The first kappa shape index (κ1) is 22.4. The van der Waals surface area contributed by atoms with Crippen molar-refractivity contribution in [3.05, 3.63) is 70.1 Å². The van der Waals surface area contributed by atoms with Crippen molar-refractivity contribution in [2.45, 2.75) is 45.7 Å². The zero-order valence-corrected chi connectivity index (χ0v) is 19.4. The molecule has 1 aliphatic rings. The van der Waals surface area contributed by atoms with E-state index < -0.39 is 0 Å². The number of thiophene rings is 1. The smallest absolute Gasteiger partial charge is 0.261 e. The number of amides is 1. The lowest BCUT2D eigenvalue weighted by atomic mass is 10.1. The maximum atomic E-state index is 12.7. The number of hydrogen-bond donors (Lipinski definition) is 1. The summed E-state index contributed by atoms with van der Waals surface area (Å²) >= 11 is 2.91. The molecule has 0 saturated heterocycles. The average Bonchev–Trinajstić information content (AvgIpc) is 3.12. The van der Waals surface area contributed by atoms with Gasteiger partial charge in [-0.15, -0.1) is 11.3 Å². The highest BCUT2D eigenvalue weighted by Crippen LogP contribution is 2.42. The van der Waals surface area contributed by atoms with E-state index in [9.17, 15) is 4.79 Å². The third kappa shape index (κ3) is 5.06. The second-order valence-electron chi connectivity index (χ2n) is 6.52. The minimum atomic E-state index is -0.0678. The summed E-state index contributed by atoms with van der Waals surface area (Å²) in [7, 11) is 0. The van der Waals surface area contributed by atoms with Gasteiger partial charge >= 0.3 is 0 Å². The van der Waals surface area contributed by atoms with Crippen LogP contribution < -0.4 is 10.1 Å². The Bertz CT molecular complexity index is 1010. The number of nitrogens with one attached hydrogen (secondary N) is 1. The Morgan fingerprint density at radius 1 is 1.17 bits per heavy atom. The van der Waals surface area contributed by atoms with Crippen LogP contribution >= 0.6 is 23.4 Å². The molecule has 2 heterocycles. The van der Waals surface area contributed by atoms with Crippen molar-refractivity contribution < 1.29 is 13.7 Å². The first-order chi connectivity index (χ1) is 14.7. The standard InChI is InChI=1S/C22H21NO3S2.C2H6/c1-3-25-18-10-15(9-8-14(18)2)12-23-22(24)20-11-16-13-26-28-19-7-5-4-6-17(19)21(16)27-20;1-2/h4-11H,3,12-13H2,1-2H3,(H,23,24);1-2H3. The fraction of sp³-hybridized carbons (Fsp3) is 0.292. The van der Waals surface area contributed by atoms with E-state index in [1.807, 2.05) is 70.2 Å². The van der Waals surface area contributed by atoms with Gasteiger partial charge in [0.05, 0.1) is 18.1 Å². The molecule has 0 bridgehead atoms. The number of carbonyl (C=O) groups is 1. The second-order valence-corrected chi connectivity index (χ2v) is 8.42. The van der Waals surface area contributed by atoms with Gasteiger partial charge in [0.2, 0.25) is 0 Å². The van der Waals surface area contributed by atoms with Gasteiger partial charge in [-0.25, -0.2) is 0 Å². The monoisotopic (exact) mass is 441 g/mol. The molecule has 0 aliphatic carbocycles. The third-order valence-electron chi connectivity index (χ3n) is 4.53. The Hall–Kier alpha value is -2.28. The van der Waals surface area contributed by atoms with E-state index in [0.29, 0.717) is 24.6 Å². The second kappa shape index (κ2) is 10.7. The lowest BCUT2D eigenvalue weighted by Crippen LogP contribution is -2.21. The van der Waals surface area contributed by atoms with E-state index in [-0.39, 0.29) is 5.91 Å². The van der Waals surface area contributed by atoms with Gasteiger partial charge in [-0.1, -0.05) is 44.2 Å². The van der Waals surface area contributed by atoms with Gasteiger partial charge in [0.25, 0.3) is 5.91 Å². The molecular weight excluding hydrogens is 414 g/mol. The number of ether oxygens (including phenoxy) is 1. The van der Waals surface area contributed by atoms with Crippen LogP contribution in [0.2, 0.25) is 0 Å². The van der Waals surface area contributed by atoms with Gasteiger partial charge in [-0.3, -0.25) is 4.79 Å². The number of rotatable bonds is 5. The highest BCUT2D eigenvalue weighted by molar-refractivity contribution is 7.94. The van der Waals surface area contributed by atoms with Crippen LogP contribution in [-0.4, -0.2) is 12.5 Å². The summed E-state index contributed by atoms with van der Waals surface area (Å²) in [6.07, 6.45) is 0. The minimum absolute atomic E-state index is 0.0678. The molecule has 1 amide bonds. The molecule has 0 saturated carbocycles. The highest BCUT2D eigenvalue weighted by atomic mass is 32.2. The summed E-state index contributed by atoms with van der Waals surface area (Å²) in [4.78, 5) is 15.6. The normalized spacial score (nSPS) is 12.0. The Balaban J connectivity index is 0.00000124. The van der Waals surface area contributed by atoms with E-state index in [1.54, 1.807) is 0 Å². The van der Waals surface area contributed by atoms with Gasteiger partial charge in [-0.2, -0.15) is 0 Å². The van der Waals surface area contributed by atoms with Crippen LogP contribution in [0, 0.1) is 6.92 Å². The fourth-order valence-corrected chi connectivity index (χ4v) is 4.99. The molecule has 1 aliphatic heterocycles. The lowest BCUT2D eigenvalue weighted by molar-refractivity contribution is 0.0955. The molecule has 3 aromatic rings. The maximum Gasteiger partial charge on any atom is 0.261 e. The average molecular weight is 442 g/mol. The zero-order chi connectivity index (χ0) is 21.5. The molecule has 0 spiro atoms. The number of benzene rings is 2. The van der Waals surface area contributed by atoms with Gasteiger partial charge in [0.15, 0.2) is 0 Å². The first-order valence-electron chi connectivity index (χ1n) is 10.2. The van der Waals surface area contributed by atoms with E-state index >= 15 is 0 Å². The minimum Gasteiger partial charge on any atom is -0.494 e. The van der Waals surface area contributed by atoms with Crippen molar-refractivity contribution in [3.8, 4) is 16.2 Å². The fourth-order valence-electron chi connectivity index (χ4n) is 3.09. The number of hydrogen-bond acceptors (Lipinski definition) is 5. The Labute approximate surface area is 186 Å². The summed E-state index contributed by atoms with van der Waals surface area (Å²) < 4.78 is 11.3. The molecular formula is C24H27NO3S2. The predicted molar refractivity (Wildman–Crippen MR) is 125 cm³/mol.